The van der Waals surface area contributed by atoms with Gasteiger partial charge in [0.05, 0.1) is 11.2 Å². The molecule has 4 nitrogen and oxygen atoms in total. The standard InChI is InChI=1S/C19H29BO4/c1-6-16(20-23-18(2,3)19(4,5)24-20)12-13-17(21)22-14-15-10-8-7-9-11-15/h7-11,16H,6,12-14H2,1-5H3/t16-/m1/s1. The van der Waals surface area contributed by atoms with Crippen LogP contribution in [-0.4, -0.2) is 24.3 Å². The first kappa shape index (κ1) is 19.0. The molecule has 5 heteroatoms. The molecule has 0 N–H and O–H groups in total. The van der Waals surface area contributed by atoms with Crippen molar-refractivity contribution in [3.63, 3.8) is 0 Å². The van der Waals surface area contributed by atoms with Gasteiger partial charge in [-0.1, -0.05) is 43.7 Å². The molecule has 1 aliphatic heterocycles. The van der Waals surface area contributed by atoms with Gasteiger partial charge in [0.1, 0.15) is 6.61 Å². The Morgan fingerprint density at radius 2 is 1.71 bits per heavy atom. The van der Waals surface area contributed by atoms with Gasteiger partial charge in [-0.15, -0.1) is 0 Å². The lowest BCUT2D eigenvalue weighted by atomic mass is 9.68. The summed E-state index contributed by atoms with van der Waals surface area (Å²) in [6.45, 7) is 10.6. The first-order valence-electron chi connectivity index (χ1n) is 8.80. The van der Waals surface area contributed by atoms with Crippen LogP contribution in [0.1, 0.15) is 59.4 Å². The van der Waals surface area contributed by atoms with E-state index >= 15 is 0 Å². The van der Waals surface area contributed by atoms with E-state index in [-0.39, 0.29) is 30.1 Å². The number of hydrogen-bond donors (Lipinski definition) is 0. The number of esters is 1. The van der Waals surface area contributed by atoms with Gasteiger partial charge in [-0.05, 0) is 45.5 Å². The van der Waals surface area contributed by atoms with Crippen molar-refractivity contribution in [1.82, 2.24) is 0 Å². The molecular weight excluding hydrogens is 303 g/mol. The second-order valence-electron chi connectivity index (χ2n) is 7.48. The lowest BCUT2D eigenvalue weighted by Gasteiger charge is -2.32. The average Bonchev–Trinajstić information content (AvgIpc) is 2.75. The highest BCUT2D eigenvalue weighted by Crippen LogP contribution is 2.41. The molecule has 0 bridgehead atoms. The van der Waals surface area contributed by atoms with Gasteiger partial charge in [0.25, 0.3) is 0 Å². The van der Waals surface area contributed by atoms with Crippen LogP contribution in [0.2, 0.25) is 5.82 Å². The Bertz CT molecular complexity index is 526. The van der Waals surface area contributed by atoms with Crippen LogP contribution in [0.4, 0.5) is 0 Å². The second kappa shape index (κ2) is 7.71. The van der Waals surface area contributed by atoms with Gasteiger partial charge in [-0.2, -0.15) is 0 Å². The topological polar surface area (TPSA) is 44.8 Å². The van der Waals surface area contributed by atoms with E-state index in [9.17, 15) is 4.79 Å². The van der Waals surface area contributed by atoms with E-state index in [1.54, 1.807) is 0 Å². The molecule has 0 unspecified atom stereocenters. The van der Waals surface area contributed by atoms with E-state index in [1.165, 1.54) is 0 Å². The quantitative estimate of drug-likeness (QED) is 0.549. The molecule has 0 aromatic heterocycles. The minimum atomic E-state index is -0.334. The third-order valence-electron chi connectivity index (χ3n) is 5.14. The van der Waals surface area contributed by atoms with Crippen LogP contribution in [0.3, 0.4) is 0 Å². The number of benzene rings is 1. The first-order valence-corrected chi connectivity index (χ1v) is 8.80. The molecule has 132 valence electrons. The minimum absolute atomic E-state index is 0.172. The van der Waals surface area contributed by atoms with E-state index in [2.05, 4.69) is 6.92 Å². The van der Waals surface area contributed by atoms with Gasteiger partial charge in [0, 0.05) is 6.42 Å². The van der Waals surface area contributed by atoms with Crippen molar-refractivity contribution < 1.29 is 18.8 Å². The number of ether oxygens (including phenoxy) is 1. The average molecular weight is 332 g/mol. The fourth-order valence-corrected chi connectivity index (χ4v) is 2.73. The summed E-state index contributed by atoms with van der Waals surface area (Å²) in [5.41, 5.74) is 0.335. The predicted molar refractivity (Wildman–Crippen MR) is 95.6 cm³/mol. The molecule has 1 atom stereocenters. The molecule has 0 radical (unpaired) electrons. The zero-order valence-corrected chi connectivity index (χ0v) is 15.5. The number of rotatable bonds is 7. The van der Waals surface area contributed by atoms with Crippen LogP contribution >= 0.6 is 0 Å². The van der Waals surface area contributed by atoms with Gasteiger partial charge in [-0.3, -0.25) is 4.79 Å². The summed E-state index contributed by atoms with van der Waals surface area (Å²) in [6, 6.07) is 9.73. The molecule has 0 aliphatic carbocycles. The molecule has 1 heterocycles. The summed E-state index contributed by atoms with van der Waals surface area (Å²) < 4.78 is 17.6. The summed E-state index contributed by atoms with van der Waals surface area (Å²) in [6.07, 6.45) is 2.00. The highest BCUT2D eigenvalue weighted by atomic mass is 16.7. The Balaban J connectivity index is 1.80. The molecule has 1 aliphatic rings. The fraction of sp³-hybridized carbons (Fsp3) is 0.632. The van der Waals surface area contributed by atoms with Crippen LogP contribution in [0, 0.1) is 0 Å². The summed E-state index contributed by atoms with van der Waals surface area (Å²) in [7, 11) is -0.262. The van der Waals surface area contributed by atoms with Crippen molar-refractivity contribution in [2.24, 2.45) is 0 Å². The van der Waals surface area contributed by atoms with Crippen molar-refractivity contribution in [3.8, 4) is 0 Å². The van der Waals surface area contributed by atoms with Crippen LogP contribution in [0.25, 0.3) is 0 Å². The van der Waals surface area contributed by atoms with Crippen molar-refractivity contribution in [3.05, 3.63) is 35.9 Å². The molecule has 1 saturated heterocycles. The zero-order valence-electron chi connectivity index (χ0n) is 15.5. The molecular formula is C19H29BO4. The maximum Gasteiger partial charge on any atom is 0.461 e. The Morgan fingerprint density at radius 1 is 1.12 bits per heavy atom. The summed E-state index contributed by atoms with van der Waals surface area (Å²) in [4.78, 5) is 12.0. The van der Waals surface area contributed by atoms with Gasteiger partial charge in [0.2, 0.25) is 0 Å². The van der Waals surface area contributed by atoms with Gasteiger partial charge < -0.3 is 14.0 Å². The van der Waals surface area contributed by atoms with E-state index in [0.717, 1.165) is 12.0 Å². The van der Waals surface area contributed by atoms with Gasteiger partial charge in [0.15, 0.2) is 0 Å². The van der Waals surface area contributed by atoms with Crippen molar-refractivity contribution >= 4 is 13.1 Å². The Morgan fingerprint density at radius 3 is 2.25 bits per heavy atom. The molecule has 1 aromatic carbocycles. The van der Waals surface area contributed by atoms with Crippen molar-refractivity contribution in [1.29, 1.82) is 0 Å². The summed E-state index contributed by atoms with van der Waals surface area (Å²) in [5, 5.41) is 0. The van der Waals surface area contributed by atoms with E-state index in [1.807, 2.05) is 58.0 Å². The third-order valence-corrected chi connectivity index (χ3v) is 5.14. The Hall–Kier alpha value is -1.33. The molecule has 0 saturated carbocycles. The van der Waals surface area contributed by atoms with Crippen molar-refractivity contribution in [2.45, 2.75) is 77.5 Å². The molecule has 1 fully saturated rings. The second-order valence-corrected chi connectivity index (χ2v) is 7.48. The Labute approximate surface area is 146 Å². The van der Waals surface area contributed by atoms with Crippen LogP contribution in [0.15, 0.2) is 30.3 Å². The molecule has 0 amide bonds. The minimum Gasteiger partial charge on any atom is -0.461 e. The number of carbonyl (C=O) groups excluding carboxylic acids is 1. The molecule has 24 heavy (non-hydrogen) atoms. The normalized spacial score (nSPS) is 20.0. The Kier molecular flexibility index (Phi) is 6.10. The van der Waals surface area contributed by atoms with E-state index in [0.29, 0.717) is 19.4 Å². The molecule has 2 rings (SSSR count). The monoisotopic (exact) mass is 332 g/mol. The SMILES string of the molecule is CC[C@H](CCC(=O)OCc1ccccc1)B1OC(C)(C)C(C)(C)O1. The zero-order chi connectivity index (χ0) is 17.8. The number of carbonyl (C=O) groups is 1. The summed E-state index contributed by atoms with van der Waals surface area (Å²) >= 11 is 0. The maximum atomic E-state index is 12.0. The molecule has 1 aromatic rings. The van der Waals surface area contributed by atoms with Crippen LogP contribution in [-0.2, 0) is 25.4 Å². The predicted octanol–water partition coefficient (Wildman–Crippen LogP) is 4.38. The maximum absolute atomic E-state index is 12.0. The molecule has 0 spiro atoms. The van der Waals surface area contributed by atoms with Crippen LogP contribution in [0.5, 0.6) is 0 Å². The van der Waals surface area contributed by atoms with Crippen LogP contribution < -0.4 is 0 Å². The highest BCUT2D eigenvalue weighted by molar-refractivity contribution is 6.47. The third kappa shape index (κ3) is 4.61. The highest BCUT2D eigenvalue weighted by Gasteiger charge is 2.53. The lowest BCUT2D eigenvalue weighted by Crippen LogP contribution is -2.41. The smallest absolute Gasteiger partial charge is 0.461 e. The largest absolute Gasteiger partial charge is 0.461 e. The lowest BCUT2D eigenvalue weighted by molar-refractivity contribution is -0.145. The summed E-state index contributed by atoms with van der Waals surface area (Å²) in [5.74, 6) is 0.0177. The van der Waals surface area contributed by atoms with E-state index < -0.39 is 0 Å². The number of hydrogen-bond acceptors (Lipinski definition) is 4. The van der Waals surface area contributed by atoms with E-state index in [4.69, 9.17) is 14.0 Å². The van der Waals surface area contributed by atoms with Crippen molar-refractivity contribution in [2.75, 3.05) is 0 Å². The van der Waals surface area contributed by atoms with Gasteiger partial charge >= 0.3 is 13.1 Å². The fourth-order valence-electron chi connectivity index (χ4n) is 2.73. The van der Waals surface area contributed by atoms with Gasteiger partial charge in [-0.25, -0.2) is 0 Å². The first-order chi connectivity index (χ1) is 11.2.